The number of hydrogen-bond donors (Lipinski definition) is 0. The van der Waals surface area contributed by atoms with E-state index in [2.05, 4.69) is 65.5 Å². The van der Waals surface area contributed by atoms with Crippen molar-refractivity contribution in [2.75, 3.05) is 20.1 Å². The van der Waals surface area contributed by atoms with Crippen LogP contribution in [-0.4, -0.2) is 56.7 Å². The molecule has 32 heavy (non-hydrogen) atoms. The molecule has 3 aromatic rings. The molecular formula is C25H33N5OS. The molecule has 1 atom stereocenters. The van der Waals surface area contributed by atoms with E-state index >= 15 is 0 Å². The quantitative estimate of drug-likeness (QED) is 0.524. The summed E-state index contributed by atoms with van der Waals surface area (Å²) in [7, 11) is 4.22. The zero-order valence-electron chi connectivity index (χ0n) is 19.3. The Kier molecular flexibility index (Phi) is 7.37. The molecule has 1 aliphatic heterocycles. The van der Waals surface area contributed by atoms with Gasteiger partial charge in [0.05, 0.1) is 23.3 Å². The Bertz CT molecular complexity index is 993. The van der Waals surface area contributed by atoms with Gasteiger partial charge in [-0.25, -0.2) is 4.98 Å². The van der Waals surface area contributed by atoms with E-state index in [-0.39, 0.29) is 5.91 Å². The van der Waals surface area contributed by atoms with Gasteiger partial charge in [-0.3, -0.25) is 14.4 Å². The van der Waals surface area contributed by atoms with Gasteiger partial charge in [-0.05, 0) is 44.7 Å². The van der Waals surface area contributed by atoms with Crippen LogP contribution in [0.5, 0.6) is 0 Å². The van der Waals surface area contributed by atoms with Crippen LogP contribution < -0.4 is 0 Å². The fraction of sp³-hybridized carbons (Fsp3) is 0.480. The van der Waals surface area contributed by atoms with Crippen molar-refractivity contribution in [3.05, 3.63) is 69.9 Å². The first-order chi connectivity index (χ1) is 15.5. The molecule has 0 spiro atoms. The number of thiazole rings is 1. The number of carbonyl (C=O) groups excluding carboxylic acids is 1. The van der Waals surface area contributed by atoms with Gasteiger partial charge in [0.2, 0.25) is 5.91 Å². The molecular weight excluding hydrogens is 418 g/mol. The van der Waals surface area contributed by atoms with Crippen LogP contribution in [0, 0.1) is 12.8 Å². The van der Waals surface area contributed by atoms with Crippen molar-refractivity contribution >= 4 is 17.2 Å². The Morgan fingerprint density at radius 3 is 2.62 bits per heavy atom. The summed E-state index contributed by atoms with van der Waals surface area (Å²) in [5.41, 5.74) is 6.43. The molecule has 4 rings (SSSR count). The third-order valence-corrected chi connectivity index (χ3v) is 7.28. The lowest BCUT2D eigenvalue weighted by atomic mass is 9.84. The predicted octanol–water partition coefficient (Wildman–Crippen LogP) is 3.71. The average Bonchev–Trinajstić information content (AvgIpc) is 3.41. The monoisotopic (exact) mass is 451 g/mol. The van der Waals surface area contributed by atoms with Crippen molar-refractivity contribution in [2.24, 2.45) is 13.0 Å². The van der Waals surface area contributed by atoms with Crippen molar-refractivity contribution in [1.82, 2.24) is 24.6 Å². The van der Waals surface area contributed by atoms with Crippen molar-refractivity contribution in [2.45, 2.75) is 45.2 Å². The normalized spacial score (nSPS) is 15.9. The molecule has 1 saturated heterocycles. The van der Waals surface area contributed by atoms with Crippen molar-refractivity contribution in [1.29, 1.82) is 0 Å². The summed E-state index contributed by atoms with van der Waals surface area (Å²) in [6.45, 7) is 4.64. The van der Waals surface area contributed by atoms with E-state index in [1.165, 1.54) is 11.1 Å². The van der Waals surface area contributed by atoms with Crippen LogP contribution in [0.3, 0.4) is 0 Å². The third kappa shape index (κ3) is 5.64. The number of aryl methyl sites for hydroxylation is 2. The second-order valence-corrected chi connectivity index (χ2v) is 9.68. The van der Waals surface area contributed by atoms with Crippen LogP contribution in [-0.2, 0) is 31.2 Å². The lowest BCUT2D eigenvalue weighted by molar-refractivity contribution is -0.132. The zero-order valence-corrected chi connectivity index (χ0v) is 20.1. The van der Waals surface area contributed by atoms with Gasteiger partial charge in [0.15, 0.2) is 0 Å². The molecule has 1 aromatic carbocycles. The minimum Gasteiger partial charge on any atom is -0.342 e. The summed E-state index contributed by atoms with van der Waals surface area (Å²) in [5, 5.41) is 6.49. The number of nitrogens with zero attached hydrogens (tertiary/aromatic N) is 5. The first-order valence-electron chi connectivity index (χ1n) is 11.4. The first kappa shape index (κ1) is 22.7. The predicted molar refractivity (Wildman–Crippen MR) is 128 cm³/mol. The lowest BCUT2D eigenvalue weighted by Gasteiger charge is -2.40. The van der Waals surface area contributed by atoms with Crippen molar-refractivity contribution in [3.63, 3.8) is 0 Å². The van der Waals surface area contributed by atoms with Gasteiger partial charge in [-0.15, -0.1) is 11.3 Å². The smallest absolute Gasteiger partial charge is 0.228 e. The highest BCUT2D eigenvalue weighted by Gasteiger charge is 2.31. The summed E-state index contributed by atoms with van der Waals surface area (Å²) in [5.74, 6) is 0.758. The molecule has 1 amide bonds. The molecule has 1 unspecified atom stereocenters. The molecule has 0 saturated carbocycles. The Hall–Kier alpha value is -2.51. The van der Waals surface area contributed by atoms with E-state index in [4.69, 9.17) is 0 Å². The van der Waals surface area contributed by atoms with E-state index in [0.717, 1.165) is 50.3 Å². The molecule has 0 bridgehead atoms. The average molecular weight is 452 g/mol. The van der Waals surface area contributed by atoms with Gasteiger partial charge in [0.25, 0.3) is 0 Å². The Balaban J connectivity index is 1.42. The Morgan fingerprint density at radius 2 is 2.00 bits per heavy atom. The number of likely N-dealkylation sites (N-methyl/N-ethyl adjacent to an activating group) is 1. The summed E-state index contributed by atoms with van der Waals surface area (Å²) < 4.78 is 1.90. The zero-order chi connectivity index (χ0) is 22.5. The van der Waals surface area contributed by atoms with Crippen LogP contribution in [0.25, 0.3) is 0 Å². The summed E-state index contributed by atoms with van der Waals surface area (Å²) in [6.07, 6.45) is 5.65. The Morgan fingerprint density at radius 1 is 1.25 bits per heavy atom. The van der Waals surface area contributed by atoms with Gasteiger partial charge in [0.1, 0.15) is 0 Å². The van der Waals surface area contributed by atoms with E-state index in [1.807, 2.05) is 22.0 Å². The van der Waals surface area contributed by atoms with Crippen LogP contribution in [0.2, 0.25) is 0 Å². The SMILES string of the molecule is Cc1nn(C)cc1CN(C)C(Cc1ccccc1)C1CCN(C(=O)Cc2cscn2)CC1. The lowest BCUT2D eigenvalue weighted by Crippen LogP contribution is -2.46. The molecule has 0 N–H and O–H groups in total. The molecule has 170 valence electrons. The molecule has 0 aliphatic carbocycles. The van der Waals surface area contributed by atoms with Gasteiger partial charge < -0.3 is 4.90 Å². The summed E-state index contributed by atoms with van der Waals surface area (Å²) in [6, 6.07) is 11.2. The number of likely N-dealkylation sites (tertiary alicyclic amines) is 1. The fourth-order valence-electron chi connectivity index (χ4n) is 4.85. The Labute approximate surface area is 194 Å². The molecule has 7 heteroatoms. The van der Waals surface area contributed by atoms with E-state index < -0.39 is 0 Å². The van der Waals surface area contributed by atoms with Crippen molar-refractivity contribution < 1.29 is 4.79 Å². The number of hydrogen-bond acceptors (Lipinski definition) is 5. The molecule has 0 radical (unpaired) electrons. The maximum absolute atomic E-state index is 12.7. The topological polar surface area (TPSA) is 54.3 Å². The maximum atomic E-state index is 12.7. The maximum Gasteiger partial charge on any atom is 0.228 e. The van der Waals surface area contributed by atoms with Crippen LogP contribution in [0.1, 0.15) is 35.4 Å². The number of rotatable bonds is 8. The second-order valence-electron chi connectivity index (χ2n) is 8.96. The third-order valence-electron chi connectivity index (χ3n) is 6.64. The molecule has 1 fully saturated rings. The highest BCUT2D eigenvalue weighted by Crippen LogP contribution is 2.28. The molecule has 6 nitrogen and oxygen atoms in total. The fourth-order valence-corrected chi connectivity index (χ4v) is 5.41. The summed E-state index contributed by atoms with van der Waals surface area (Å²) >= 11 is 1.55. The molecule has 2 aromatic heterocycles. The standard InChI is InChI=1S/C25H33N5OS/c1-19-22(16-29(3)27-19)15-28(2)24(13-20-7-5-4-6-8-20)21-9-11-30(12-10-21)25(31)14-23-17-32-18-26-23/h4-8,16-18,21,24H,9-15H2,1-3H3. The number of carbonyl (C=O) groups is 1. The van der Waals surface area contributed by atoms with Crippen LogP contribution >= 0.6 is 11.3 Å². The van der Waals surface area contributed by atoms with Crippen LogP contribution in [0.4, 0.5) is 0 Å². The van der Waals surface area contributed by atoms with Gasteiger partial charge >= 0.3 is 0 Å². The van der Waals surface area contributed by atoms with Gasteiger partial charge in [-0.2, -0.15) is 5.10 Å². The number of piperidine rings is 1. The number of benzene rings is 1. The van der Waals surface area contributed by atoms with E-state index in [9.17, 15) is 4.79 Å². The highest BCUT2D eigenvalue weighted by molar-refractivity contribution is 7.07. The van der Waals surface area contributed by atoms with E-state index in [0.29, 0.717) is 18.4 Å². The minimum atomic E-state index is 0.202. The summed E-state index contributed by atoms with van der Waals surface area (Å²) in [4.78, 5) is 21.5. The van der Waals surface area contributed by atoms with Gasteiger partial charge in [0, 0.05) is 49.9 Å². The van der Waals surface area contributed by atoms with Crippen LogP contribution in [0.15, 0.2) is 47.4 Å². The second kappa shape index (κ2) is 10.4. The number of aromatic nitrogens is 3. The number of amides is 1. The first-order valence-corrected chi connectivity index (χ1v) is 12.3. The molecule has 3 heterocycles. The minimum absolute atomic E-state index is 0.202. The van der Waals surface area contributed by atoms with E-state index in [1.54, 1.807) is 16.8 Å². The van der Waals surface area contributed by atoms with Crippen molar-refractivity contribution in [3.8, 4) is 0 Å². The van der Waals surface area contributed by atoms with Gasteiger partial charge in [-0.1, -0.05) is 30.3 Å². The highest BCUT2D eigenvalue weighted by atomic mass is 32.1. The molecule has 1 aliphatic rings. The largest absolute Gasteiger partial charge is 0.342 e.